The number of aromatic nitrogens is 2. The van der Waals surface area contributed by atoms with Gasteiger partial charge in [-0.3, -0.25) is 0 Å². The lowest BCUT2D eigenvalue weighted by molar-refractivity contribution is 0.287. The molecule has 0 atom stereocenters. The van der Waals surface area contributed by atoms with Crippen molar-refractivity contribution >= 4 is 5.69 Å². The van der Waals surface area contributed by atoms with Crippen LogP contribution in [0.2, 0.25) is 0 Å². The summed E-state index contributed by atoms with van der Waals surface area (Å²) in [5.74, 6) is 0.707. The smallest absolute Gasteiger partial charge is 0.260 e. The summed E-state index contributed by atoms with van der Waals surface area (Å²) in [7, 11) is 0. The number of hydrogen-bond acceptors (Lipinski definition) is 5. The van der Waals surface area contributed by atoms with Gasteiger partial charge in [-0.25, -0.2) is 4.39 Å². The van der Waals surface area contributed by atoms with E-state index in [4.69, 9.17) is 15.0 Å². The first-order valence-corrected chi connectivity index (χ1v) is 6.29. The Hall–Kier alpha value is -2.89. The molecule has 3 rings (SSSR count). The Labute approximate surface area is 120 Å². The SMILES string of the molecule is Nc1c(F)cccc1-c1nc(COc2ccccc2)no1. The van der Waals surface area contributed by atoms with Crippen molar-refractivity contribution in [3.8, 4) is 17.2 Å². The fraction of sp³-hybridized carbons (Fsp3) is 0.0667. The van der Waals surface area contributed by atoms with E-state index >= 15 is 0 Å². The van der Waals surface area contributed by atoms with Crippen molar-refractivity contribution in [3.05, 3.63) is 60.2 Å². The van der Waals surface area contributed by atoms with E-state index in [9.17, 15) is 4.39 Å². The van der Waals surface area contributed by atoms with E-state index in [1.807, 2.05) is 30.3 Å². The quantitative estimate of drug-likeness (QED) is 0.746. The van der Waals surface area contributed by atoms with E-state index in [1.54, 1.807) is 6.07 Å². The fourth-order valence-electron chi connectivity index (χ4n) is 1.81. The molecule has 0 unspecified atom stereocenters. The van der Waals surface area contributed by atoms with Crippen LogP contribution in [0.25, 0.3) is 11.5 Å². The summed E-state index contributed by atoms with van der Waals surface area (Å²) < 4.78 is 24.0. The Morgan fingerprint density at radius 3 is 2.71 bits per heavy atom. The lowest BCUT2D eigenvalue weighted by Gasteiger charge is -2.01. The van der Waals surface area contributed by atoms with Crippen molar-refractivity contribution < 1.29 is 13.7 Å². The first kappa shape index (κ1) is 13.1. The van der Waals surface area contributed by atoms with Crippen LogP contribution >= 0.6 is 0 Å². The molecule has 5 nitrogen and oxygen atoms in total. The van der Waals surface area contributed by atoms with Gasteiger partial charge in [-0.1, -0.05) is 29.4 Å². The summed E-state index contributed by atoms with van der Waals surface area (Å²) in [5.41, 5.74) is 6.01. The van der Waals surface area contributed by atoms with E-state index in [1.165, 1.54) is 12.1 Å². The monoisotopic (exact) mass is 285 g/mol. The van der Waals surface area contributed by atoms with Gasteiger partial charge in [0.1, 0.15) is 11.6 Å². The number of nitrogens with two attached hydrogens (primary N) is 1. The largest absolute Gasteiger partial charge is 0.485 e. The van der Waals surface area contributed by atoms with Crippen LogP contribution < -0.4 is 10.5 Å². The highest BCUT2D eigenvalue weighted by atomic mass is 19.1. The van der Waals surface area contributed by atoms with Crippen LogP contribution in [0.4, 0.5) is 10.1 Å². The maximum Gasteiger partial charge on any atom is 0.260 e. The van der Waals surface area contributed by atoms with Gasteiger partial charge in [-0.2, -0.15) is 4.98 Å². The third-order valence-corrected chi connectivity index (χ3v) is 2.86. The summed E-state index contributed by atoms with van der Waals surface area (Å²) in [4.78, 5) is 4.15. The summed E-state index contributed by atoms with van der Waals surface area (Å²) in [6.07, 6.45) is 0. The summed E-state index contributed by atoms with van der Waals surface area (Å²) in [6, 6.07) is 13.7. The van der Waals surface area contributed by atoms with Gasteiger partial charge in [0.25, 0.3) is 5.89 Å². The molecule has 0 amide bonds. The fourth-order valence-corrected chi connectivity index (χ4v) is 1.81. The average Bonchev–Trinajstić information content (AvgIpc) is 2.98. The molecule has 0 aliphatic heterocycles. The van der Waals surface area contributed by atoms with Gasteiger partial charge >= 0.3 is 0 Å². The summed E-state index contributed by atoms with van der Waals surface area (Å²) >= 11 is 0. The second-order valence-electron chi connectivity index (χ2n) is 4.32. The highest BCUT2D eigenvalue weighted by Gasteiger charge is 2.14. The number of rotatable bonds is 4. The van der Waals surface area contributed by atoms with Crippen molar-refractivity contribution in [2.45, 2.75) is 6.61 Å². The molecule has 3 aromatic rings. The zero-order valence-electron chi connectivity index (χ0n) is 11.0. The van der Waals surface area contributed by atoms with Gasteiger partial charge < -0.3 is 15.0 Å². The zero-order valence-corrected chi connectivity index (χ0v) is 11.0. The van der Waals surface area contributed by atoms with Crippen LogP contribution in [0.1, 0.15) is 5.82 Å². The third kappa shape index (κ3) is 2.84. The normalized spacial score (nSPS) is 10.5. The molecule has 1 aromatic heterocycles. The van der Waals surface area contributed by atoms with Crippen LogP contribution in [0.15, 0.2) is 53.1 Å². The Kier molecular flexibility index (Phi) is 3.51. The maximum atomic E-state index is 13.4. The van der Waals surface area contributed by atoms with Crippen molar-refractivity contribution in [1.29, 1.82) is 0 Å². The van der Waals surface area contributed by atoms with E-state index in [-0.39, 0.29) is 18.2 Å². The average molecular weight is 285 g/mol. The van der Waals surface area contributed by atoms with Crippen molar-refractivity contribution in [3.63, 3.8) is 0 Å². The van der Waals surface area contributed by atoms with Gasteiger partial charge in [0.2, 0.25) is 5.82 Å². The van der Waals surface area contributed by atoms with Crippen molar-refractivity contribution in [2.75, 3.05) is 5.73 Å². The van der Waals surface area contributed by atoms with E-state index in [2.05, 4.69) is 10.1 Å². The first-order chi connectivity index (χ1) is 10.2. The minimum absolute atomic E-state index is 0.0170. The molecule has 21 heavy (non-hydrogen) atoms. The number of anilines is 1. The second-order valence-corrected chi connectivity index (χ2v) is 4.32. The predicted molar refractivity (Wildman–Crippen MR) is 74.9 cm³/mol. The Morgan fingerprint density at radius 1 is 1.10 bits per heavy atom. The molecular weight excluding hydrogens is 273 g/mol. The Bertz CT molecular complexity index is 744. The first-order valence-electron chi connectivity index (χ1n) is 6.29. The number of nitrogen functional groups attached to an aromatic ring is 1. The van der Waals surface area contributed by atoms with Gasteiger partial charge in [-0.05, 0) is 24.3 Å². The molecule has 0 bridgehead atoms. The summed E-state index contributed by atoms with van der Waals surface area (Å²) in [5, 5.41) is 3.79. The number of hydrogen-bond donors (Lipinski definition) is 1. The van der Waals surface area contributed by atoms with E-state index in [0.717, 1.165) is 0 Å². The topological polar surface area (TPSA) is 74.2 Å². The minimum Gasteiger partial charge on any atom is -0.485 e. The number of nitrogens with zero attached hydrogens (tertiary/aromatic N) is 2. The lowest BCUT2D eigenvalue weighted by Crippen LogP contribution is -1.98. The zero-order chi connectivity index (χ0) is 14.7. The molecule has 0 aliphatic carbocycles. The van der Waals surface area contributed by atoms with Crippen LogP contribution in [0.5, 0.6) is 5.75 Å². The van der Waals surface area contributed by atoms with Crippen molar-refractivity contribution in [2.24, 2.45) is 0 Å². The molecule has 0 fully saturated rings. The highest BCUT2D eigenvalue weighted by molar-refractivity contribution is 5.70. The molecule has 0 saturated heterocycles. The standard InChI is InChI=1S/C15H12FN3O2/c16-12-8-4-7-11(14(12)17)15-18-13(19-21-15)9-20-10-5-2-1-3-6-10/h1-8H,9,17H2. The molecule has 2 N–H and O–H groups in total. The molecule has 1 heterocycles. The molecule has 6 heteroatoms. The number of para-hydroxylation sites is 2. The van der Waals surface area contributed by atoms with Gasteiger partial charge in [-0.15, -0.1) is 0 Å². The summed E-state index contributed by atoms with van der Waals surface area (Å²) in [6.45, 7) is 0.155. The molecule has 0 saturated carbocycles. The van der Waals surface area contributed by atoms with Gasteiger partial charge in [0.15, 0.2) is 6.61 Å². The maximum absolute atomic E-state index is 13.4. The van der Waals surface area contributed by atoms with Gasteiger partial charge in [0.05, 0.1) is 11.3 Å². The minimum atomic E-state index is -0.521. The molecule has 106 valence electrons. The Balaban J connectivity index is 1.76. The predicted octanol–water partition coefficient (Wildman–Crippen LogP) is 3.04. The van der Waals surface area contributed by atoms with Crippen molar-refractivity contribution in [1.82, 2.24) is 10.1 Å². The lowest BCUT2D eigenvalue weighted by atomic mass is 10.2. The highest BCUT2D eigenvalue weighted by Crippen LogP contribution is 2.26. The van der Waals surface area contributed by atoms with Gasteiger partial charge in [0, 0.05) is 0 Å². The van der Waals surface area contributed by atoms with Crippen LogP contribution in [-0.4, -0.2) is 10.1 Å². The Morgan fingerprint density at radius 2 is 1.90 bits per heavy atom. The molecule has 0 radical (unpaired) electrons. The van der Waals surface area contributed by atoms with Crippen LogP contribution in [-0.2, 0) is 6.61 Å². The van der Waals surface area contributed by atoms with Crippen LogP contribution in [0, 0.1) is 5.82 Å². The molecule has 0 aliphatic rings. The second kappa shape index (κ2) is 5.62. The number of halogens is 1. The third-order valence-electron chi connectivity index (χ3n) is 2.86. The number of benzene rings is 2. The van der Waals surface area contributed by atoms with E-state index in [0.29, 0.717) is 17.1 Å². The van der Waals surface area contributed by atoms with Crippen LogP contribution in [0.3, 0.4) is 0 Å². The molecule has 2 aromatic carbocycles. The molecular formula is C15H12FN3O2. The molecule has 0 spiro atoms. The number of ether oxygens (including phenoxy) is 1. The van der Waals surface area contributed by atoms with E-state index < -0.39 is 5.82 Å².